The van der Waals surface area contributed by atoms with Crippen LogP contribution >= 0.6 is 0 Å². The zero-order valence-corrected chi connectivity index (χ0v) is 9.22. The van der Waals surface area contributed by atoms with Crippen molar-refractivity contribution in [2.45, 2.75) is 12.6 Å². The third kappa shape index (κ3) is 1.85. The van der Waals surface area contributed by atoms with Crippen LogP contribution in [0.15, 0.2) is 30.5 Å². The fourth-order valence-corrected chi connectivity index (χ4v) is 1.80. The van der Waals surface area contributed by atoms with Gasteiger partial charge in [0.1, 0.15) is 6.61 Å². The molecule has 0 spiro atoms. The van der Waals surface area contributed by atoms with Crippen LogP contribution in [0.2, 0.25) is 0 Å². The van der Waals surface area contributed by atoms with Gasteiger partial charge in [-0.3, -0.25) is 0 Å². The van der Waals surface area contributed by atoms with Gasteiger partial charge in [-0.2, -0.15) is 0 Å². The highest BCUT2D eigenvalue weighted by molar-refractivity contribution is 5.41. The highest BCUT2D eigenvalue weighted by Crippen LogP contribution is 2.34. The van der Waals surface area contributed by atoms with Gasteiger partial charge in [0.15, 0.2) is 23.4 Å². The van der Waals surface area contributed by atoms with Crippen molar-refractivity contribution in [2.75, 3.05) is 6.61 Å². The van der Waals surface area contributed by atoms with Crippen molar-refractivity contribution >= 4 is 0 Å². The van der Waals surface area contributed by atoms with Gasteiger partial charge in [0.25, 0.3) is 0 Å². The molecule has 1 aromatic heterocycles. The van der Waals surface area contributed by atoms with Gasteiger partial charge < -0.3 is 20.2 Å². The Labute approximate surface area is 98.6 Å². The van der Waals surface area contributed by atoms with Crippen LogP contribution in [-0.4, -0.2) is 16.6 Å². The molecule has 0 bridgehead atoms. The monoisotopic (exact) mass is 231 g/mol. The van der Waals surface area contributed by atoms with Crippen molar-refractivity contribution in [1.29, 1.82) is 0 Å². The molecule has 0 saturated carbocycles. The van der Waals surface area contributed by atoms with Crippen molar-refractivity contribution in [2.24, 2.45) is 5.73 Å². The van der Waals surface area contributed by atoms with Gasteiger partial charge in [-0.15, -0.1) is 0 Å². The average molecular weight is 231 g/mol. The Kier molecular flexibility index (Phi) is 2.45. The molecule has 5 heteroatoms. The van der Waals surface area contributed by atoms with E-state index in [2.05, 4.69) is 9.97 Å². The van der Waals surface area contributed by atoms with Gasteiger partial charge in [-0.05, 0) is 12.1 Å². The number of rotatable bonds is 2. The summed E-state index contributed by atoms with van der Waals surface area (Å²) in [5, 5.41) is 0. The average Bonchev–Trinajstić information content (AvgIpc) is 2.87. The van der Waals surface area contributed by atoms with Crippen LogP contribution in [0, 0.1) is 0 Å². The summed E-state index contributed by atoms with van der Waals surface area (Å²) in [5.74, 6) is 2.27. The number of aromatic nitrogens is 2. The lowest BCUT2D eigenvalue weighted by Gasteiger charge is -2.24. The van der Waals surface area contributed by atoms with E-state index in [4.69, 9.17) is 15.2 Å². The fourth-order valence-electron chi connectivity index (χ4n) is 1.80. The van der Waals surface area contributed by atoms with E-state index < -0.39 is 0 Å². The molecule has 1 aromatic carbocycles. The summed E-state index contributed by atoms with van der Waals surface area (Å²) in [6.45, 7) is 0.895. The summed E-state index contributed by atoms with van der Waals surface area (Å²) in [6, 6.07) is 7.60. The van der Waals surface area contributed by atoms with Crippen LogP contribution in [0.25, 0.3) is 0 Å². The number of ether oxygens (including phenoxy) is 2. The van der Waals surface area contributed by atoms with E-state index in [0.717, 1.165) is 23.0 Å². The second-order valence-corrected chi connectivity index (χ2v) is 3.86. The smallest absolute Gasteiger partial charge is 0.190 e. The Balaban J connectivity index is 1.84. The second-order valence-electron chi connectivity index (χ2n) is 3.86. The molecule has 1 aliphatic heterocycles. The molecule has 5 nitrogen and oxygen atoms in total. The Morgan fingerprint density at radius 3 is 2.94 bits per heavy atom. The van der Waals surface area contributed by atoms with Gasteiger partial charge in [0.2, 0.25) is 0 Å². The quantitative estimate of drug-likeness (QED) is 0.819. The Hall–Kier alpha value is -2.01. The summed E-state index contributed by atoms with van der Waals surface area (Å²) in [4.78, 5) is 7.37. The largest absolute Gasteiger partial charge is 0.485 e. The Morgan fingerprint density at radius 2 is 2.18 bits per heavy atom. The number of nitrogens with two attached hydrogens (primary N) is 1. The Morgan fingerprint density at radius 1 is 1.35 bits per heavy atom. The standard InChI is InChI=1S/C12H13N3O2/c13-5-8-6-14-12(15-8)11-7-16-9-3-1-2-4-10(9)17-11/h1-4,6,11H,5,7,13H2,(H,14,15). The molecule has 0 saturated heterocycles. The summed E-state index contributed by atoms with van der Waals surface area (Å²) in [5.41, 5.74) is 6.42. The molecule has 3 N–H and O–H groups in total. The van der Waals surface area contributed by atoms with Crippen molar-refractivity contribution in [3.8, 4) is 11.5 Å². The number of imidazole rings is 1. The zero-order valence-electron chi connectivity index (χ0n) is 9.22. The molecule has 0 aliphatic carbocycles. The number of aromatic amines is 1. The summed E-state index contributed by atoms with van der Waals surface area (Å²) in [6.07, 6.45) is 1.52. The van der Waals surface area contributed by atoms with Crippen LogP contribution in [0.3, 0.4) is 0 Å². The number of para-hydroxylation sites is 2. The molecule has 17 heavy (non-hydrogen) atoms. The van der Waals surface area contributed by atoms with Gasteiger partial charge in [0.05, 0.1) is 0 Å². The molecule has 2 heterocycles. The third-order valence-corrected chi connectivity index (χ3v) is 2.68. The van der Waals surface area contributed by atoms with E-state index in [1.54, 1.807) is 6.20 Å². The van der Waals surface area contributed by atoms with E-state index in [0.29, 0.717) is 13.2 Å². The van der Waals surface area contributed by atoms with E-state index in [9.17, 15) is 0 Å². The van der Waals surface area contributed by atoms with Crippen LogP contribution in [0.1, 0.15) is 17.6 Å². The molecular formula is C12H13N3O2. The molecule has 88 valence electrons. The Bertz CT molecular complexity index is 524. The van der Waals surface area contributed by atoms with Gasteiger partial charge in [-0.25, -0.2) is 4.98 Å². The SMILES string of the molecule is NCc1cnc(C2COc3ccccc3O2)[nH]1. The molecule has 0 amide bonds. The molecule has 0 radical (unpaired) electrons. The molecule has 2 aromatic rings. The molecule has 1 unspecified atom stereocenters. The number of H-pyrrole nitrogens is 1. The molecule has 3 rings (SSSR count). The minimum Gasteiger partial charge on any atom is -0.485 e. The lowest BCUT2D eigenvalue weighted by atomic mass is 10.2. The number of hydrogen-bond donors (Lipinski definition) is 2. The maximum absolute atomic E-state index is 5.82. The highest BCUT2D eigenvalue weighted by Gasteiger charge is 2.24. The minimum atomic E-state index is -0.204. The zero-order chi connectivity index (χ0) is 11.7. The lowest BCUT2D eigenvalue weighted by Crippen LogP contribution is -2.22. The molecule has 0 fully saturated rings. The van der Waals surface area contributed by atoms with Crippen LogP contribution in [-0.2, 0) is 6.54 Å². The first-order valence-electron chi connectivity index (χ1n) is 5.49. The molecule has 1 atom stereocenters. The fraction of sp³-hybridized carbons (Fsp3) is 0.250. The highest BCUT2D eigenvalue weighted by atomic mass is 16.6. The topological polar surface area (TPSA) is 73.2 Å². The van der Waals surface area contributed by atoms with Crippen LogP contribution in [0.4, 0.5) is 0 Å². The minimum absolute atomic E-state index is 0.204. The van der Waals surface area contributed by atoms with Crippen LogP contribution in [0.5, 0.6) is 11.5 Å². The van der Waals surface area contributed by atoms with Gasteiger partial charge >= 0.3 is 0 Å². The second kappa shape index (κ2) is 4.10. The normalized spacial score (nSPS) is 18.1. The van der Waals surface area contributed by atoms with E-state index in [1.807, 2.05) is 24.3 Å². The maximum atomic E-state index is 5.82. The van der Waals surface area contributed by atoms with Crippen molar-refractivity contribution in [1.82, 2.24) is 9.97 Å². The molecule has 1 aliphatic rings. The lowest BCUT2D eigenvalue weighted by molar-refractivity contribution is 0.0856. The van der Waals surface area contributed by atoms with Gasteiger partial charge in [-0.1, -0.05) is 12.1 Å². The first kappa shape index (κ1) is 10.2. The van der Waals surface area contributed by atoms with Crippen LogP contribution < -0.4 is 15.2 Å². The van der Waals surface area contributed by atoms with Crippen molar-refractivity contribution < 1.29 is 9.47 Å². The number of benzene rings is 1. The van der Waals surface area contributed by atoms with E-state index in [-0.39, 0.29) is 6.10 Å². The van der Waals surface area contributed by atoms with Crippen molar-refractivity contribution in [3.05, 3.63) is 42.0 Å². The third-order valence-electron chi connectivity index (χ3n) is 2.68. The number of nitrogens with zero attached hydrogens (tertiary/aromatic N) is 1. The first-order chi connectivity index (χ1) is 8.36. The predicted molar refractivity (Wildman–Crippen MR) is 61.8 cm³/mol. The number of nitrogens with one attached hydrogen (secondary N) is 1. The van der Waals surface area contributed by atoms with E-state index >= 15 is 0 Å². The molecular weight excluding hydrogens is 218 g/mol. The summed E-state index contributed by atoms with van der Waals surface area (Å²) < 4.78 is 11.4. The summed E-state index contributed by atoms with van der Waals surface area (Å²) >= 11 is 0. The summed E-state index contributed by atoms with van der Waals surface area (Å²) in [7, 11) is 0. The van der Waals surface area contributed by atoms with E-state index in [1.165, 1.54) is 0 Å². The number of hydrogen-bond acceptors (Lipinski definition) is 4. The maximum Gasteiger partial charge on any atom is 0.190 e. The van der Waals surface area contributed by atoms with Crippen molar-refractivity contribution in [3.63, 3.8) is 0 Å². The van der Waals surface area contributed by atoms with Gasteiger partial charge in [0, 0.05) is 18.4 Å². The first-order valence-corrected chi connectivity index (χ1v) is 5.49. The number of fused-ring (bicyclic) bond motifs is 1. The predicted octanol–water partition coefficient (Wildman–Crippen LogP) is 1.38.